The van der Waals surface area contributed by atoms with E-state index >= 15 is 0 Å². The molecule has 0 saturated carbocycles. The fourth-order valence-electron chi connectivity index (χ4n) is 0.298. The van der Waals surface area contributed by atoms with Crippen molar-refractivity contribution in [3.8, 4) is 0 Å². The molecule has 0 spiro atoms. The summed E-state index contributed by atoms with van der Waals surface area (Å²) in [6, 6.07) is 0.213. The maximum absolute atomic E-state index is 5.02. The van der Waals surface area contributed by atoms with Gasteiger partial charge in [-0.05, 0) is 13.8 Å². The van der Waals surface area contributed by atoms with Crippen LogP contribution in [0.3, 0.4) is 0 Å². The van der Waals surface area contributed by atoms with Crippen LogP contribution in [0.1, 0.15) is 13.8 Å². The van der Waals surface area contributed by atoms with Crippen LogP contribution in [-0.2, 0) is 0 Å². The van der Waals surface area contributed by atoms with Crippen LogP contribution in [0.4, 0.5) is 0 Å². The molecule has 0 aromatic heterocycles. The van der Waals surface area contributed by atoms with Gasteiger partial charge in [0.05, 0.1) is 0 Å². The average molecular weight is 257 g/mol. The molecule has 0 bridgehead atoms. The average Bonchev–Trinajstić information content (AvgIpc) is 1.56. The standard InChI is InChI=1S/C4H11N3.CHCl3.ClH/c1-3(2)7-4(5)6;2-1(3)4;/h3H,1-2H3,(H4,5,6,7);1H;1H. The Morgan fingerprint density at radius 3 is 1.42 bits per heavy atom. The molecule has 0 aromatic rings. The van der Waals surface area contributed by atoms with Crippen molar-refractivity contribution < 1.29 is 0 Å². The molecule has 0 saturated heterocycles. The van der Waals surface area contributed by atoms with Crippen molar-refractivity contribution in [2.75, 3.05) is 0 Å². The summed E-state index contributed by atoms with van der Waals surface area (Å²) in [7, 11) is 0. The summed E-state index contributed by atoms with van der Waals surface area (Å²) < 4.78 is -0.750. The fraction of sp³-hybridized carbons (Fsp3) is 0.800. The maximum Gasteiger partial charge on any atom is 0.186 e. The second kappa shape index (κ2) is 11.4. The van der Waals surface area contributed by atoms with E-state index in [1.54, 1.807) is 0 Å². The van der Waals surface area contributed by atoms with Crippen LogP contribution in [-0.4, -0.2) is 16.3 Å². The highest BCUT2D eigenvalue weighted by molar-refractivity contribution is 6.63. The van der Waals surface area contributed by atoms with Crippen molar-refractivity contribution in [1.29, 1.82) is 0 Å². The van der Waals surface area contributed by atoms with E-state index in [2.05, 4.69) is 4.99 Å². The van der Waals surface area contributed by atoms with Gasteiger partial charge in [-0.25, -0.2) is 0 Å². The molecule has 0 atom stereocenters. The van der Waals surface area contributed by atoms with Crippen molar-refractivity contribution in [1.82, 2.24) is 0 Å². The highest BCUT2D eigenvalue weighted by Gasteiger charge is 1.83. The Morgan fingerprint density at radius 2 is 1.42 bits per heavy atom. The summed E-state index contributed by atoms with van der Waals surface area (Å²) in [6.07, 6.45) is 0. The minimum absolute atomic E-state index is 0. The number of hydrogen-bond donors (Lipinski definition) is 2. The smallest absolute Gasteiger partial charge is 0.186 e. The molecular weight excluding hydrogens is 244 g/mol. The van der Waals surface area contributed by atoms with E-state index in [-0.39, 0.29) is 24.4 Å². The Labute approximate surface area is 93.8 Å². The third-order valence-corrected chi connectivity index (χ3v) is 0.407. The van der Waals surface area contributed by atoms with Gasteiger partial charge in [-0.3, -0.25) is 4.99 Å². The van der Waals surface area contributed by atoms with Crippen LogP contribution in [0.5, 0.6) is 0 Å². The molecule has 3 nitrogen and oxygen atoms in total. The topological polar surface area (TPSA) is 64.4 Å². The number of alkyl halides is 3. The first-order chi connectivity index (χ1) is 4.86. The Kier molecular flexibility index (Phi) is 17.4. The van der Waals surface area contributed by atoms with Gasteiger partial charge in [-0.2, -0.15) is 0 Å². The lowest BCUT2D eigenvalue weighted by atomic mass is 10.4. The first-order valence-electron chi connectivity index (χ1n) is 2.87. The lowest BCUT2D eigenvalue weighted by molar-refractivity contribution is 0.831. The molecule has 0 aliphatic carbocycles. The van der Waals surface area contributed by atoms with Gasteiger partial charge in [-0.1, -0.05) is 34.8 Å². The number of aliphatic imine (C=N–C) groups is 1. The van der Waals surface area contributed by atoms with E-state index in [0.29, 0.717) is 0 Å². The van der Waals surface area contributed by atoms with Crippen LogP contribution in [0.25, 0.3) is 0 Å². The van der Waals surface area contributed by atoms with E-state index in [0.717, 1.165) is 0 Å². The number of rotatable bonds is 1. The Hall–Kier alpha value is 0.430. The second-order valence-electron chi connectivity index (χ2n) is 1.90. The quantitative estimate of drug-likeness (QED) is 0.429. The minimum atomic E-state index is -0.750. The highest BCUT2D eigenvalue weighted by atomic mass is 35.6. The number of halogens is 4. The van der Waals surface area contributed by atoms with Crippen molar-refractivity contribution >= 4 is 53.2 Å². The van der Waals surface area contributed by atoms with Crippen molar-refractivity contribution in [3.63, 3.8) is 0 Å². The summed E-state index contributed by atoms with van der Waals surface area (Å²) in [5.41, 5.74) is 10.0. The second-order valence-corrected chi connectivity index (χ2v) is 3.87. The van der Waals surface area contributed by atoms with E-state index < -0.39 is 4.30 Å². The van der Waals surface area contributed by atoms with Gasteiger partial charge in [0.2, 0.25) is 0 Å². The molecule has 0 rings (SSSR count). The largest absolute Gasteiger partial charge is 0.370 e. The van der Waals surface area contributed by atoms with Crippen LogP contribution in [0.15, 0.2) is 4.99 Å². The highest BCUT2D eigenvalue weighted by Crippen LogP contribution is 2.03. The molecule has 0 radical (unpaired) electrons. The number of hydrogen-bond acceptors (Lipinski definition) is 1. The predicted molar refractivity (Wildman–Crippen MR) is 59.5 cm³/mol. The zero-order chi connectivity index (χ0) is 9.44. The molecule has 0 aromatic carbocycles. The Bertz CT molecular complexity index is 109. The summed E-state index contributed by atoms with van der Waals surface area (Å²) in [6.45, 7) is 3.83. The minimum Gasteiger partial charge on any atom is -0.370 e. The van der Waals surface area contributed by atoms with Gasteiger partial charge >= 0.3 is 0 Å². The lowest BCUT2D eigenvalue weighted by Crippen LogP contribution is -2.24. The van der Waals surface area contributed by atoms with Gasteiger partial charge in [0.15, 0.2) is 10.3 Å². The van der Waals surface area contributed by atoms with Gasteiger partial charge < -0.3 is 11.5 Å². The fourth-order valence-corrected chi connectivity index (χ4v) is 0.298. The molecule has 0 amide bonds. The van der Waals surface area contributed by atoms with Crippen molar-refractivity contribution in [3.05, 3.63) is 0 Å². The molecule has 0 fully saturated rings. The van der Waals surface area contributed by atoms with Crippen LogP contribution in [0, 0.1) is 0 Å². The summed E-state index contributed by atoms with van der Waals surface area (Å²) in [5, 5.41) is 0. The molecule has 0 aliphatic rings. The molecule has 4 N–H and O–H groups in total. The van der Waals surface area contributed by atoms with Crippen LogP contribution >= 0.6 is 47.2 Å². The molecule has 7 heteroatoms. The molecule has 0 aliphatic heterocycles. The third-order valence-electron chi connectivity index (χ3n) is 0.407. The lowest BCUT2D eigenvalue weighted by Gasteiger charge is -1.93. The molecule has 0 heterocycles. The van der Waals surface area contributed by atoms with Crippen LogP contribution < -0.4 is 11.5 Å². The van der Waals surface area contributed by atoms with Crippen LogP contribution in [0.2, 0.25) is 0 Å². The van der Waals surface area contributed by atoms with Gasteiger partial charge in [0, 0.05) is 6.04 Å². The molecule has 12 heavy (non-hydrogen) atoms. The Balaban J connectivity index is -0.000000142. The predicted octanol–water partition coefficient (Wildman–Crippen LogP) is 2.08. The molecule has 0 unspecified atom stereocenters. The van der Waals surface area contributed by atoms with E-state index in [4.69, 9.17) is 46.3 Å². The van der Waals surface area contributed by atoms with E-state index in [1.165, 1.54) is 0 Å². The summed E-state index contributed by atoms with van der Waals surface area (Å²) >= 11 is 14.4. The maximum atomic E-state index is 5.02. The summed E-state index contributed by atoms with van der Waals surface area (Å²) in [5.74, 6) is 0.162. The number of guanidine groups is 1. The van der Waals surface area contributed by atoms with E-state index in [9.17, 15) is 0 Å². The normalized spacial score (nSPS) is 8.25. The molecule has 76 valence electrons. The zero-order valence-corrected chi connectivity index (χ0v) is 9.88. The first kappa shape index (κ1) is 18.3. The number of nitrogens with zero attached hydrogens (tertiary/aromatic N) is 1. The van der Waals surface area contributed by atoms with Crippen molar-refractivity contribution in [2.24, 2.45) is 16.5 Å². The molecular formula is C5H13Cl4N3. The van der Waals surface area contributed by atoms with E-state index in [1.807, 2.05) is 13.8 Å². The SMILES string of the molecule is CC(C)N=C(N)N.Cl.ClC(Cl)Cl. The Morgan fingerprint density at radius 1 is 1.17 bits per heavy atom. The summed E-state index contributed by atoms with van der Waals surface area (Å²) in [4.78, 5) is 3.75. The van der Waals surface area contributed by atoms with Crippen molar-refractivity contribution in [2.45, 2.75) is 24.2 Å². The number of nitrogens with two attached hydrogens (primary N) is 2. The zero-order valence-electron chi connectivity index (χ0n) is 6.80. The first-order valence-corrected chi connectivity index (χ1v) is 4.18. The van der Waals surface area contributed by atoms with Gasteiger partial charge in [0.25, 0.3) is 0 Å². The monoisotopic (exact) mass is 255 g/mol. The van der Waals surface area contributed by atoms with Gasteiger partial charge in [-0.15, -0.1) is 12.4 Å². The third kappa shape index (κ3) is 47.3. The van der Waals surface area contributed by atoms with Gasteiger partial charge in [0.1, 0.15) is 0 Å².